The van der Waals surface area contributed by atoms with Crippen LogP contribution in [0.5, 0.6) is 0 Å². The largest absolute Gasteiger partial charge is 0.485 e. The predicted molar refractivity (Wildman–Crippen MR) is 291 cm³/mol. The molecular formula is C60H90O10S. The van der Waals surface area contributed by atoms with Gasteiger partial charge in [0.1, 0.15) is 6.61 Å². The maximum absolute atomic E-state index is 12.3. The zero-order valence-electron chi connectivity index (χ0n) is 46.8. The van der Waals surface area contributed by atoms with E-state index in [4.69, 9.17) is 17.0 Å². The molecule has 11 heteroatoms. The molecule has 0 saturated carbocycles. The molecule has 1 atom stereocenters. The average molecular weight is 1000 g/mol. The summed E-state index contributed by atoms with van der Waals surface area (Å²) in [6.07, 6.45) is 0.641. The number of carboxylic acids is 3. The number of thiocarbonyl (C=S) groups is 1. The number of rotatable bonds is 19. The van der Waals surface area contributed by atoms with Gasteiger partial charge in [-0.15, -0.1) is 0 Å². The van der Waals surface area contributed by atoms with Crippen LogP contribution in [-0.4, -0.2) is 80.0 Å². The quantitative estimate of drug-likeness (QED) is 0.0629. The van der Waals surface area contributed by atoms with Crippen LogP contribution in [-0.2, 0) is 76.3 Å². The fourth-order valence-electron chi connectivity index (χ4n) is 10.0. The Balaban J connectivity index is 3.22. The van der Waals surface area contributed by atoms with E-state index in [1.54, 1.807) is 0 Å². The summed E-state index contributed by atoms with van der Waals surface area (Å²) in [5, 5.41) is 62.7. The first-order chi connectivity index (χ1) is 32.1. The molecule has 0 heterocycles. The third-order valence-electron chi connectivity index (χ3n) is 14.1. The smallest absolute Gasteiger partial charge is 0.303 e. The van der Waals surface area contributed by atoms with E-state index in [1.165, 1.54) is 0 Å². The molecule has 0 aromatic heterocycles. The van der Waals surface area contributed by atoms with Crippen molar-refractivity contribution < 1.29 is 49.8 Å². The summed E-state index contributed by atoms with van der Waals surface area (Å²) >= 11 is 7.09. The molecule has 0 aliphatic heterocycles. The fraction of sp³-hybridized carbons (Fsp3) is 0.633. The first kappa shape index (κ1) is 61.1. The van der Waals surface area contributed by atoms with Crippen LogP contribution in [0.2, 0.25) is 0 Å². The van der Waals surface area contributed by atoms with Gasteiger partial charge in [-0.05, 0) is 131 Å². The summed E-state index contributed by atoms with van der Waals surface area (Å²) in [5.41, 5.74) is 4.54. The van der Waals surface area contributed by atoms with Crippen molar-refractivity contribution in [3.8, 4) is 0 Å². The number of aliphatic carboxylic acids is 3. The van der Waals surface area contributed by atoms with E-state index in [-0.39, 0.29) is 43.8 Å². The molecule has 71 heavy (non-hydrogen) atoms. The number of hydrogen-bond donors (Lipinski definition) is 6. The van der Waals surface area contributed by atoms with Gasteiger partial charge in [-0.2, -0.15) is 0 Å². The lowest BCUT2D eigenvalue weighted by Gasteiger charge is -2.51. The van der Waals surface area contributed by atoms with Crippen molar-refractivity contribution in [3.05, 3.63) is 103 Å². The van der Waals surface area contributed by atoms with Gasteiger partial charge in [0, 0.05) is 25.2 Å². The first-order valence-corrected chi connectivity index (χ1v) is 25.7. The van der Waals surface area contributed by atoms with Gasteiger partial charge in [-0.1, -0.05) is 168 Å². The minimum Gasteiger partial charge on any atom is -0.485 e. The van der Waals surface area contributed by atoms with Crippen LogP contribution in [0, 0.1) is 5.41 Å². The van der Waals surface area contributed by atoms with Gasteiger partial charge < -0.3 is 35.4 Å². The van der Waals surface area contributed by atoms with Crippen molar-refractivity contribution in [2.45, 2.75) is 214 Å². The van der Waals surface area contributed by atoms with Crippen molar-refractivity contribution in [1.29, 1.82) is 0 Å². The van der Waals surface area contributed by atoms with Crippen molar-refractivity contribution in [3.63, 3.8) is 0 Å². The van der Waals surface area contributed by atoms with Crippen LogP contribution in [0.3, 0.4) is 0 Å². The molecule has 3 aromatic rings. The number of carboxylic acid groups (broad SMARTS) is 3. The number of carbonyl (C=O) groups is 3. The van der Waals surface area contributed by atoms with Crippen molar-refractivity contribution in [2.75, 3.05) is 26.4 Å². The maximum atomic E-state index is 12.3. The number of aliphatic hydroxyl groups excluding tert-OH is 3. The second-order valence-corrected chi connectivity index (χ2v) is 26.9. The van der Waals surface area contributed by atoms with Gasteiger partial charge in [-0.25, -0.2) is 0 Å². The Hall–Kier alpha value is -4.16. The molecule has 0 saturated heterocycles. The number of aliphatic hydroxyl groups is 3. The van der Waals surface area contributed by atoms with Gasteiger partial charge in [0.05, 0.1) is 30.7 Å². The van der Waals surface area contributed by atoms with E-state index in [9.17, 15) is 45.0 Å². The van der Waals surface area contributed by atoms with Crippen LogP contribution in [0.15, 0.2) is 36.4 Å². The third kappa shape index (κ3) is 14.1. The first-order valence-electron chi connectivity index (χ1n) is 25.3. The van der Waals surface area contributed by atoms with Crippen molar-refractivity contribution >= 4 is 35.2 Å². The molecule has 1 unspecified atom stereocenters. The topological polar surface area (TPSA) is 182 Å². The molecule has 0 amide bonds. The highest BCUT2D eigenvalue weighted by Gasteiger charge is 2.56. The van der Waals surface area contributed by atoms with E-state index < -0.39 is 87.0 Å². The summed E-state index contributed by atoms with van der Waals surface area (Å²) in [7, 11) is 0. The maximum Gasteiger partial charge on any atom is 0.303 e. The highest BCUT2D eigenvalue weighted by atomic mass is 32.1. The van der Waals surface area contributed by atoms with E-state index >= 15 is 0 Å². The Bertz CT molecular complexity index is 2200. The Morgan fingerprint density at radius 1 is 0.465 bits per heavy atom. The second kappa shape index (κ2) is 22.1. The van der Waals surface area contributed by atoms with Crippen molar-refractivity contribution in [1.82, 2.24) is 0 Å². The van der Waals surface area contributed by atoms with Gasteiger partial charge in [0.15, 0.2) is 5.05 Å². The number of ether oxygens (including phenoxy) is 1. The highest BCUT2D eigenvalue weighted by Crippen LogP contribution is 2.59. The molecule has 0 aliphatic carbocycles. The number of aryl methyl sites for hydroxylation is 3. The minimum absolute atomic E-state index is 0.0531. The van der Waals surface area contributed by atoms with E-state index in [2.05, 4.69) is 168 Å². The molecule has 0 fully saturated rings. The van der Waals surface area contributed by atoms with Crippen molar-refractivity contribution in [2.24, 2.45) is 5.41 Å². The summed E-state index contributed by atoms with van der Waals surface area (Å²) in [5.74, 6) is -3.34. The lowest BCUT2D eigenvalue weighted by Crippen LogP contribution is -2.51. The fourth-order valence-corrected chi connectivity index (χ4v) is 10.4. The molecule has 10 nitrogen and oxygen atoms in total. The van der Waals surface area contributed by atoms with Crippen LogP contribution >= 0.6 is 12.2 Å². The average Bonchev–Trinajstić information content (AvgIpc) is 3.22. The molecular weight excluding hydrogens is 913 g/mol. The Morgan fingerprint density at radius 3 is 0.915 bits per heavy atom. The second-order valence-electron chi connectivity index (χ2n) is 26.5. The van der Waals surface area contributed by atoms with Crippen LogP contribution < -0.4 is 0 Å². The Labute approximate surface area is 432 Å². The molecule has 6 N–H and O–H groups in total. The van der Waals surface area contributed by atoms with Crippen LogP contribution in [0.25, 0.3) is 0 Å². The molecule has 3 aromatic carbocycles. The summed E-state index contributed by atoms with van der Waals surface area (Å²) in [6, 6.07) is 12.8. The van der Waals surface area contributed by atoms with E-state index in [0.29, 0.717) is 6.42 Å². The standard InChI is InChI=1S/C60H90O10S/c1-36(49-40(53(2,3)4)26-37(20-23-46(64)65)27-41(49)54(5,6)7)60(52(71)70-35-59(32-61,33-62)34-63,50-42(55(8,9)10)28-38(21-24-47(66)67)29-43(50)56(11,12)13)51-44(57(14,15)16)30-39(22-25-48(68)69)31-45(51)58(17,18)19/h26-31,36,61-63H,20-25,32-35H2,1-19H3,(H,64,65)(H,66,67)(H,68,69). The van der Waals surface area contributed by atoms with E-state index in [1.807, 2.05) is 0 Å². The third-order valence-corrected chi connectivity index (χ3v) is 14.5. The number of benzene rings is 3. The summed E-state index contributed by atoms with van der Waals surface area (Å²) < 4.78 is 7.16. The Morgan fingerprint density at radius 2 is 0.704 bits per heavy atom. The number of hydrogen-bond acceptors (Lipinski definition) is 8. The monoisotopic (exact) mass is 1000 g/mol. The highest BCUT2D eigenvalue weighted by molar-refractivity contribution is 7.80. The summed E-state index contributed by atoms with van der Waals surface area (Å²) in [4.78, 5) is 36.7. The molecule has 396 valence electrons. The minimum atomic E-state index is -1.49. The van der Waals surface area contributed by atoms with E-state index in [0.717, 1.165) is 66.8 Å². The predicted octanol–water partition coefficient (Wildman–Crippen LogP) is 11.9. The SMILES string of the molecule is CC(c1c(C(C)(C)C)cc(CCC(=O)O)cc1C(C)(C)C)C(C(=S)OCC(CO)(CO)CO)(c1c(C(C)(C)C)cc(CCC(=O)O)cc1C(C)(C)C)c1c(C(C)(C)C)cc(CCC(=O)O)cc1C(C)(C)C. The summed E-state index contributed by atoms with van der Waals surface area (Å²) in [6.45, 7) is 38.9. The van der Waals surface area contributed by atoms with Gasteiger partial charge in [0.2, 0.25) is 0 Å². The molecule has 0 spiro atoms. The lowest BCUT2D eigenvalue weighted by atomic mass is 9.53. The zero-order valence-corrected chi connectivity index (χ0v) is 47.7. The Kier molecular flexibility index (Phi) is 19.1. The normalized spacial score (nSPS) is 13.8. The van der Waals surface area contributed by atoms with Crippen LogP contribution in [0.4, 0.5) is 0 Å². The zero-order chi connectivity index (χ0) is 54.8. The molecule has 0 aliphatic rings. The van der Waals surface area contributed by atoms with Gasteiger partial charge in [0.25, 0.3) is 0 Å². The lowest BCUT2D eigenvalue weighted by molar-refractivity contribution is -0.138. The van der Waals surface area contributed by atoms with Gasteiger partial charge in [-0.3, -0.25) is 14.4 Å². The molecule has 3 rings (SSSR count). The van der Waals surface area contributed by atoms with Gasteiger partial charge >= 0.3 is 17.9 Å². The molecule has 0 radical (unpaired) electrons. The molecule has 0 bridgehead atoms. The van der Waals surface area contributed by atoms with Crippen LogP contribution in [0.1, 0.15) is 223 Å².